The van der Waals surface area contributed by atoms with Crippen LogP contribution in [-0.2, 0) is 20.9 Å². The topological polar surface area (TPSA) is 85.4 Å². The van der Waals surface area contributed by atoms with Gasteiger partial charge in [-0.1, -0.05) is 36.4 Å². The zero-order valence-corrected chi connectivity index (χ0v) is 19.9. The van der Waals surface area contributed by atoms with Crippen LogP contribution in [0.5, 0.6) is 11.5 Å². The average Bonchev–Trinajstić information content (AvgIpc) is 3.45. The lowest BCUT2D eigenvalue weighted by molar-refractivity contribution is -0.154. The molecule has 1 aromatic heterocycles. The fourth-order valence-corrected chi connectivity index (χ4v) is 4.20. The summed E-state index contributed by atoms with van der Waals surface area (Å²) in [6.45, 7) is 1.51. The van der Waals surface area contributed by atoms with Crippen molar-refractivity contribution in [3.63, 3.8) is 0 Å². The maximum absolute atomic E-state index is 12.4. The Labute approximate surface area is 207 Å². The van der Waals surface area contributed by atoms with E-state index in [0.29, 0.717) is 49.2 Å². The Hall–Kier alpha value is -3.85. The van der Waals surface area contributed by atoms with E-state index >= 15 is 0 Å². The first-order valence-electron chi connectivity index (χ1n) is 11.2. The molecule has 182 valence electrons. The molecule has 8 nitrogen and oxygen atoms in total. The normalized spacial score (nSPS) is 13.3. The molecule has 1 aliphatic rings. The van der Waals surface area contributed by atoms with Gasteiger partial charge in [-0.15, -0.1) is 11.3 Å². The summed E-state index contributed by atoms with van der Waals surface area (Å²) in [5, 5.41) is 1.86. The number of piperazine rings is 1. The molecule has 3 aromatic rings. The monoisotopic (exact) mass is 494 g/mol. The van der Waals surface area contributed by atoms with E-state index in [2.05, 4.69) is 0 Å². The first kappa shape index (κ1) is 24.3. The third-order valence-corrected chi connectivity index (χ3v) is 6.29. The van der Waals surface area contributed by atoms with Gasteiger partial charge < -0.3 is 24.0 Å². The Bertz CT molecular complexity index is 1110. The number of thiophene rings is 1. The Morgan fingerprint density at radius 3 is 2.06 bits per heavy atom. The molecular formula is C26H26N2O6S. The summed E-state index contributed by atoms with van der Waals surface area (Å²) in [6, 6.07) is 20.4. The molecule has 0 N–H and O–H groups in total. The van der Waals surface area contributed by atoms with Crippen molar-refractivity contribution < 1.29 is 28.6 Å². The summed E-state index contributed by atoms with van der Waals surface area (Å²) in [4.78, 5) is 40.8. The Balaban J connectivity index is 1.12. The molecule has 1 aliphatic heterocycles. The Kier molecular flexibility index (Phi) is 8.34. The number of rotatable bonds is 9. The molecule has 0 spiro atoms. The summed E-state index contributed by atoms with van der Waals surface area (Å²) in [5.74, 6) is 0.237. The first-order valence-corrected chi connectivity index (χ1v) is 12.1. The van der Waals surface area contributed by atoms with Crippen molar-refractivity contribution in [3.05, 3.63) is 82.6 Å². The van der Waals surface area contributed by atoms with Crippen molar-refractivity contribution in [3.8, 4) is 11.5 Å². The van der Waals surface area contributed by atoms with Crippen LogP contribution in [0.2, 0.25) is 0 Å². The van der Waals surface area contributed by atoms with Crippen LogP contribution in [0.4, 0.5) is 0 Å². The molecule has 0 radical (unpaired) electrons. The van der Waals surface area contributed by atoms with Crippen LogP contribution in [0.3, 0.4) is 0 Å². The largest absolute Gasteiger partial charge is 0.489 e. The standard InChI is InChI=1S/C26H26N2O6S/c29-24(27-12-14-28(15-13-27)26(31)23-7-4-16-35-23)18-34-25(30)19-33-22-10-8-21(9-11-22)32-17-20-5-2-1-3-6-20/h1-11,16H,12-15,17-19H2. The van der Waals surface area contributed by atoms with Gasteiger partial charge in [0.25, 0.3) is 11.8 Å². The number of carbonyl (C=O) groups is 3. The molecule has 0 bridgehead atoms. The van der Waals surface area contributed by atoms with Crippen molar-refractivity contribution in [2.75, 3.05) is 39.4 Å². The molecule has 0 aliphatic carbocycles. The van der Waals surface area contributed by atoms with E-state index in [1.807, 2.05) is 41.8 Å². The Morgan fingerprint density at radius 1 is 0.743 bits per heavy atom. The number of hydrogen-bond acceptors (Lipinski definition) is 7. The van der Waals surface area contributed by atoms with Gasteiger partial charge in [0, 0.05) is 26.2 Å². The van der Waals surface area contributed by atoms with E-state index in [1.165, 1.54) is 11.3 Å². The van der Waals surface area contributed by atoms with Gasteiger partial charge in [-0.3, -0.25) is 9.59 Å². The molecule has 9 heteroatoms. The van der Waals surface area contributed by atoms with Crippen LogP contribution in [0.1, 0.15) is 15.2 Å². The highest BCUT2D eigenvalue weighted by molar-refractivity contribution is 7.12. The number of carbonyl (C=O) groups excluding carboxylic acids is 3. The van der Waals surface area contributed by atoms with Crippen LogP contribution in [-0.4, -0.2) is 67.0 Å². The highest BCUT2D eigenvalue weighted by Crippen LogP contribution is 2.19. The smallest absolute Gasteiger partial charge is 0.344 e. The van der Waals surface area contributed by atoms with Crippen molar-refractivity contribution in [1.29, 1.82) is 0 Å². The number of hydrogen-bond donors (Lipinski definition) is 0. The summed E-state index contributed by atoms with van der Waals surface area (Å²) < 4.78 is 16.2. The van der Waals surface area contributed by atoms with Crippen LogP contribution < -0.4 is 9.47 Å². The second-order valence-electron chi connectivity index (χ2n) is 7.85. The highest BCUT2D eigenvalue weighted by atomic mass is 32.1. The predicted molar refractivity (Wildman–Crippen MR) is 130 cm³/mol. The van der Waals surface area contributed by atoms with Crippen molar-refractivity contribution in [2.45, 2.75) is 6.61 Å². The molecule has 2 amide bonds. The van der Waals surface area contributed by atoms with Crippen LogP contribution in [0, 0.1) is 0 Å². The second kappa shape index (κ2) is 12.0. The lowest BCUT2D eigenvalue weighted by atomic mass is 10.2. The van der Waals surface area contributed by atoms with Crippen LogP contribution >= 0.6 is 11.3 Å². The fourth-order valence-electron chi connectivity index (χ4n) is 3.51. The van der Waals surface area contributed by atoms with E-state index in [9.17, 15) is 14.4 Å². The molecule has 0 saturated carbocycles. The zero-order valence-electron chi connectivity index (χ0n) is 19.1. The molecule has 1 fully saturated rings. The summed E-state index contributed by atoms with van der Waals surface area (Å²) in [7, 11) is 0. The summed E-state index contributed by atoms with van der Waals surface area (Å²) in [5.41, 5.74) is 1.07. The number of esters is 1. The summed E-state index contributed by atoms with van der Waals surface area (Å²) in [6.07, 6.45) is 0. The minimum absolute atomic E-state index is 0.0218. The van der Waals surface area contributed by atoms with Gasteiger partial charge in [0.2, 0.25) is 0 Å². The fraction of sp³-hybridized carbons (Fsp3) is 0.269. The molecule has 35 heavy (non-hydrogen) atoms. The lowest BCUT2D eigenvalue weighted by Gasteiger charge is -2.34. The predicted octanol–water partition coefficient (Wildman–Crippen LogP) is 3.23. The van der Waals surface area contributed by atoms with E-state index in [1.54, 1.807) is 40.1 Å². The molecule has 0 unspecified atom stereocenters. The molecular weight excluding hydrogens is 468 g/mol. The van der Waals surface area contributed by atoms with Gasteiger partial charge in [-0.25, -0.2) is 4.79 Å². The molecule has 2 aromatic carbocycles. The highest BCUT2D eigenvalue weighted by Gasteiger charge is 2.25. The molecule has 4 rings (SSSR count). The van der Waals surface area contributed by atoms with Gasteiger partial charge in [-0.05, 0) is 41.3 Å². The third kappa shape index (κ3) is 7.07. The number of nitrogens with zero attached hydrogens (tertiary/aromatic N) is 2. The number of benzene rings is 2. The second-order valence-corrected chi connectivity index (χ2v) is 8.79. The average molecular weight is 495 g/mol. The van der Waals surface area contributed by atoms with Gasteiger partial charge in [0.15, 0.2) is 13.2 Å². The van der Waals surface area contributed by atoms with E-state index in [-0.39, 0.29) is 25.0 Å². The van der Waals surface area contributed by atoms with Crippen LogP contribution in [0.25, 0.3) is 0 Å². The quantitative estimate of drug-likeness (QED) is 0.425. The first-order chi connectivity index (χ1) is 17.1. The van der Waals surface area contributed by atoms with E-state index < -0.39 is 5.97 Å². The lowest BCUT2D eigenvalue weighted by Crippen LogP contribution is -2.51. The van der Waals surface area contributed by atoms with Crippen LogP contribution in [0.15, 0.2) is 72.1 Å². The molecule has 1 saturated heterocycles. The molecule has 2 heterocycles. The maximum atomic E-state index is 12.4. The van der Waals surface area contributed by atoms with Gasteiger partial charge in [0.05, 0.1) is 4.88 Å². The van der Waals surface area contributed by atoms with Crippen molar-refractivity contribution >= 4 is 29.1 Å². The van der Waals surface area contributed by atoms with Crippen molar-refractivity contribution in [2.24, 2.45) is 0 Å². The van der Waals surface area contributed by atoms with Gasteiger partial charge in [-0.2, -0.15) is 0 Å². The Morgan fingerprint density at radius 2 is 1.40 bits per heavy atom. The number of ether oxygens (including phenoxy) is 3. The maximum Gasteiger partial charge on any atom is 0.344 e. The minimum Gasteiger partial charge on any atom is -0.489 e. The SMILES string of the molecule is O=C(COc1ccc(OCc2ccccc2)cc1)OCC(=O)N1CCN(C(=O)c2cccs2)CC1. The van der Waals surface area contributed by atoms with Gasteiger partial charge >= 0.3 is 5.97 Å². The third-order valence-electron chi connectivity index (χ3n) is 5.44. The van der Waals surface area contributed by atoms with E-state index in [4.69, 9.17) is 14.2 Å². The minimum atomic E-state index is -0.630. The zero-order chi connectivity index (χ0) is 24.5. The summed E-state index contributed by atoms with van der Waals surface area (Å²) >= 11 is 1.40. The van der Waals surface area contributed by atoms with E-state index in [0.717, 1.165) is 5.56 Å². The van der Waals surface area contributed by atoms with Gasteiger partial charge in [0.1, 0.15) is 18.1 Å². The number of amides is 2. The molecule has 0 atom stereocenters. The van der Waals surface area contributed by atoms with Crippen molar-refractivity contribution in [1.82, 2.24) is 9.80 Å².